The minimum atomic E-state index is -0.987. The van der Waals surface area contributed by atoms with Crippen molar-refractivity contribution in [3.63, 3.8) is 0 Å². The maximum Gasteiger partial charge on any atom is 0.287 e. The largest absolute Gasteiger partial charge is 0.496 e. The molecule has 2 aromatic heterocycles. The molecule has 0 aliphatic carbocycles. The molecule has 10 nitrogen and oxygen atoms in total. The highest BCUT2D eigenvalue weighted by molar-refractivity contribution is 7.20. The lowest BCUT2D eigenvalue weighted by atomic mass is 9.95. The molecular weight excluding hydrogens is 544 g/mol. The van der Waals surface area contributed by atoms with Gasteiger partial charge in [0, 0.05) is 18.5 Å². The second-order valence-corrected chi connectivity index (χ2v) is 11.6. The Kier molecular flexibility index (Phi) is 8.34. The van der Waals surface area contributed by atoms with Crippen molar-refractivity contribution < 1.29 is 28.3 Å². The average Bonchev–Trinajstić information content (AvgIpc) is 3.69. The van der Waals surface area contributed by atoms with E-state index in [9.17, 15) is 19.2 Å². The van der Waals surface area contributed by atoms with E-state index in [-0.39, 0.29) is 34.8 Å². The molecule has 214 valence electrons. The van der Waals surface area contributed by atoms with Gasteiger partial charge in [0.15, 0.2) is 10.8 Å². The number of carbonyl (C=O) groups excluding carboxylic acids is 4. The number of rotatable bonds is 11. The first kappa shape index (κ1) is 28.3. The number of ether oxygens (including phenoxy) is 1. The van der Waals surface area contributed by atoms with Crippen molar-refractivity contribution >= 4 is 56.0 Å². The number of amides is 3. The van der Waals surface area contributed by atoms with Crippen LogP contribution in [0, 0.1) is 11.8 Å². The molecule has 0 saturated carbocycles. The molecule has 1 unspecified atom stereocenters. The quantitative estimate of drug-likeness (QED) is 0.229. The first-order valence-electron chi connectivity index (χ1n) is 13.6. The molecule has 1 fully saturated rings. The summed E-state index contributed by atoms with van der Waals surface area (Å²) in [5.74, 6) is -1.34. The van der Waals surface area contributed by atoms with Gasteiger partial charge in [-0.25, -0.2) is 4.98 Å². The van der Waals surface area contributed by atoms with Gasteiger partial charge in [0.2, 0.25) is 17.6 Å². The number of furan rings is 1. The van der Waals surface area contributed by atoms with E-state index in [2.05, 4.69) is 20.9 Å². The molecule has 1 aliphatic rings. The van der Waals surface area contributed by atoms with Crippen LogP contribution in [0.5, 0.6) is 5.75 Å². The number of aromatic nitrogens is 1. The Morgan fingerprint density at radius 3 is 2.63 bits per heavy atom. The summed E-state index contributed by atoms with van der Waals surface area (Å²) in [6, 6.07) is 12.3. The van der Waals surface area contributed by atoms with Crippen LogP contribution in [-0.2, 0) is 9.59 Å². The normalized spacial score (nSPS) is 16.5. The molecule has 1 saturated heterocycles. The predicted molar refractivity (Wildman–Crippen MR) is 155 cm³/mol. The Hall–Kier alpha value is -4.25. The highest BCUT2D eigenvalue weighted by atomic mass is 32.1. The molecule has 0 radical (unpaired) electrons. The van der Waals surface area contributed by atoms with Crippen molar-refractivity contribution in [3.05, 3.63) is 59.3 Å². The summed E-state index contributed by atoms with van der Waals surface area (Å²) in [7, 11) is 1.53. The van der Waals surface area contributed by atoms with Crippen LogP contribution >= 0.6 is 11.3 Å². The SMILES string of the molecule is COc1cccc2oc(C(=O)N[C@@H](CC(C)C)C(=O)N[C@@H](CC3CCNC3=O)C(=O)c3nc4ccccc4s3)cc12. The predicted octanol–water partition coefficient (Wildman–Crippen LogP) is 4.09. The lowest BCUT2D eigenvalue weighted by Crippen LogP contribution is -2.52. The van der Waals surface area contributed by atoms with Crippen LogP contribution in [0.1, 0.15) is 53.5 Å². The van der Waals surface area contributed by atoms with Gasteiger partial charge in [-0.2, -0.15) is 0 Å². The first-order chi connectivity index (χ1) is 19.7. The van der Waals surface area contributed by atoms with Gasteiger partial charge in [-0.15, -0.1) is 11.3 Å². The molecule has 3 amide bonds. The van der Waals surface area contributed by atoms with Crippen molar-refractivity contribution in [2.24, 2.45) is 11.8 Å². The summed E-state index contributed by atoms with van der Waals surface area (Å²) >= 11 is 1.25. The second-order valence-electron chi connectivity index (χ2n) is 10.6. The molecule has 0 bridgehead atoms. The molecule has 41 heavy (non-hydrogen) atoms. The highest BCUT2D eigenvalue weighted by Crippen LogP contribution is 2.29. The van der Waals surface area contributed by atoms with Crippen molar-refractivity contribution in [1.29, 1.82) is 0 Å². The lowest BCUT2D eigenvalue weighted by molar-refractivity contribution is -0.125. The topological polar surface area (TPSA) is 140 Å². The van der Waals surface area contributed by atoms with Crippen LogP contribution in [0.25, 0.3) is 21.2 Å². The molecule has 3 N–H and O–H groups in total. The Bertz CT molecular complexity index is 1580. The van der Waals surface area contributed by atoms with Crippen LogP contribution in [0.3, 0.4) is 0 Å². The van der Waals surface area contributed by atoms with Crippen molar-refractivity contribution in [2.75, 3.05) is 13.7 Å². The summed E-state index contributed by atoms with van der Waals surface area (Å²) in [6.45, 7) is 4.39. The maximum absolute atomic E-state index is 13.7. The van der Waals surface area contributed by atoms with Crippen molar-refractivity contribution in [3.8, 4) is 5.75 Å². The molecule has 3 heterocycles. The van der Waals surface area contributed by atoms with Crippen LogP contribution < -0.4 is 20.7 Å². The summed E-state index contributed by atoms with van der Waals surface area (Å²) in [5.41, 5.74) is 1.17. The summed E-state index contributed by atoms with van der Waals surface area (Å²) in [5, 5.41) is 9.32. The molecule has 0 spiro atoms. The van der Waals surface area contributed by atoms with Gasteiger partial charge in [-0.1, -0.05) is 32.0 Å². The minimum Gasteiger partial charge on any atom is -0.496 e. The fourth-order valence-electron chi connectivity index (χ4n) is 5.04. The molecular formula is C30H32N4O6S. The number of nitrogens with one attached hydrogen (secondary N) is 3. The number of carbonyl (C=O) groups is 4. The number of thiazole rings is 1. The van der Waals surface area contributed by atoms with Gasteiger partial charge < -0.3 is 25.1 Å². The standard InChI is InChI=1S/C30H32N4O6S/c1-16(2)13-21(33-29(38)24-15-18-22(39-3)8-6-9-23(18)40-24)28(37)32-20(14-17-11-12-31-27(17)36)26(35)30-34-19-7-4-5-10-25(19)41-30/h4-10,15-17,20-21H,11-14H2,1-3H3,(H,31,36)(H,32,37)(H,33,38)/t17?,20-,21-/m0/s1. The monoisotopic (exact) mass is 576 g/mol. The van der Waals surface area contributed by atoms with E-state index in [4.69, 9.17) is 9.15 Å². The Morgan fingerprint density at radius 1 is 1.12 bits per heavy atom. The van der Waals surface area contributed by atoms with Gasteiger partial charge in [0.1, 0.15) is 17.4 Å². The van der Waals surface area contributed by atoms with Crippen LogP contribution in [0.15, 0.2) is 52.9 Å². The summed E-state index contributed by atoms with van der Waals surface area (Å²) < 4.78 is 11.9. The van der Waals surface area contributed by atoms with E-state index in [0.29, 0.717) is 41.6 Å². The number of nitrogens with zero attached hydrogens (tertiary/aromatic N) is 1. The first-order valence-corrected chi connectivity index (χ1v) is 14.4. The number of para-hydroxylation sites is 1. The van der Waals surface area contributed by atoms with E-state index >= 15 is 0 Å². The van der Waals surface area contributed by atoms with E-state index in [1.54, 1.807) is 24.3 Å². The van der Waals surface area contributed by atoms with E-state index < -0.39 is 29.8 Å². The van der Waals surface area contributed by atoms with Gasteiger partial charge in [0.05, 0.1) is 28.8 Å². The smallest absolute Gasteiger partial charge is 0.287 e. The molecule has 3 atom stereocenters. The van der Waals surface area contributed by atoms with Crippen molar-refractivity contribution in [2.45, 2.75) is 45.2 Å². The third kappa shape index (κ3) is 6.25. The zero-order valence-electron chi connectivity index (χ0n) is 23.1. The van der Waals surface area contributed by atoms with Gasteiger partial charge in [-0.05, 0) is 49.4 Å². The van der Waals surface area contributed by atoms with E-state index in [0.717, 1.165) is 4.70 Å². The fourth-order valence-corrected chi connectivity index (χ4v) is 6.00. The number of benzene rings is 2. The van der Waals surface area contributed by atoms with Crippen LogP contribution in [0.2, 0.25) is 0 Å². The minimum absolute atomic E-state index is 0.0378. The molecule has 11 heteroatoms. The number of Topliss-reactive ketones (excluding diaryl/α,β-unsaturated/α-hetero) is 1. The maximum atomic E-state index is 13.7. The molecule has 4 aromatic rings. The van der Waals surface area contributed by atoms with Crippen LogP contribution in [-0.4, -0.2) is 54.2 Å². The number of methoxy groups -OCH3 is 1. The van der Waals surface area contributed by atoms with Gasteiger partial charge in [0.25, 0.3) is 5.91 Å². The molecule has 5 rings (SSSR count). The molecule has 1 aliphatic heterocycles. The lowest BCUT2D eigenvalue weighted by Gasteiger charge is -2.24. The number of hydrogen-bond acceptors (Lipinski definition) is 8. The third-order valence-corrected chi connectivity index (χ3v) is 8.17. The zero-order chi connectivity index (χ0) is 29.1. The number of hydrogen-bond donors (Lipinski definition) is 3. The Labute approximate surface area is 240 Å². The van der Waals surface area contributed by atoms with Crippen LogP contribution in [0.4, 0.5) is 0 Å². The number of fused-ring (bicyclic) bond motifs is 2. The fraction of sp³-hybridized carbons (Fsp3) is 0.367. The molecule has 2 aromatic carbocycles. The summed E-state index contributed by atoms with van der Waals surface area (Å²) in [4.78, 5) is 57.4. The third-order valence-electron chi connectivity index (χ3n) is 7.11. The Balaban J connectivity index is 1.38. The van der Waals surface area contributed by atoms with Gasteiger partial charge >= 0.3 is 0 Å². The zero-order valence-corrected chi connectivity index (χ0v) is 23.9. The van der Waals surface area contributed by atoms with E-state index in [1.165, 1.54) is 18.4 Å². The van der Waals surface area contributed by atoms with Crippen molar-refractivity contribution in [1.82, 2.24) is 20.9 Å². The summed E-state index contributed by atoms with van der Waals surface area (Å²) in [6.07, 6.45) is 1.03. The highest BCUT2D eigenvalue weighted by Gasteiger charge is 2.35. The van der Waals surface area contributed by atoms with E-state index in [1.807, 2.05) is 38.1 Å². The Morgan fingerprint density at radius 2 is 1.93 bits per heavy atom. The second kappa shape index (κ2) is 12.1. The average molecular weight is 577 g/mol. The number of ketones is 1. The van der Waals surface area contributed by atoms with Gasteiger partial charge in [-0.3, -0.25) is 19.2 Å².